The van der Waals surface area contributed by atoms with Gasteiger partial charge in [-0.05, 0) is 43.7 Å². The first kappa shape index (κ1) is 21.2. The number of hydrogen-bond donors (Lipinski definition) is 2. The SMILES string of the molecule is CCNC(=O)N(Cc1nc(C)c(Cc2cccc(OC)c2)c(=O)[nH]1)Cc1ccco1. The smallest absolute Gasteiger partial charge is 0.318 e. The van der Waals surface area contributed by atoms with Crippen LogP contribution in [0.25, 0.3) is 0 Å². The van der Waals surface area contributed by atoms with E-state index in [-0.39, 0.29) is 24.7 Å². The fourth-order valence-electron chi connectivity index (χ4n) is 3.17. The van der Waals surface area contributed by atoms with Crippen LogP contribution in [0, 0.1) is 6.92 Å². The van der Waals surface area contributed by atoms with Crippen LogP contribution in [-0.2, 0) is 19.5 Å². The summed E-state index contributed by atoms with van der Waals surface area (Å²) in [7, 11) is 1.61. The molecule has 0 atom stereocenters. The molecule has 1 aromatic carbocycles. The molecule has 3 rings (SSSR count). The molecule has 0 aliphatic rings. The maximum atomic E-state index is 12.7. The summed E-state index contributed by atoms with van der Waals surface area (Å²) in [5.74, 6) is 1.81. The first-order valence-electron chi connectivity index (χ1n) is 9.77. The van der Waals surface area contributed by atoms with Gasteiger partial charge in [0, 0.05) is 24.2 Å². The molecule has 2 amide bonds. The number of nitrogens with zero attached hydrogens (tertiary/aromatic N) is 2. The number of methoxy groups -OCH3 is 1. The quantitative estimate of drug-likeness (QED) is 0.595. The predicted octanol–water partition coefficient (Wildman–Crippen LogP) is 3.00. The maximum Gasteiger partial charge on any atom is 0.318 e. The Morgan fingerprint density at radius 2 is 2.10 bits per heavy atom. The molecule has 0 unspecified atom stereocenters. The number of rotatable bonds is 8. The number of urea groups is 1. The van der Waals surface area contributed by atoms with Crippen molar-refractivity contribution in [3.8, 4) is 5.75 Å². The molecule has 0 saturated heterocycles. The third-order valence-corrected chi connectivity index (χ3v) is 4.67. The molecule has 0 aliphatic carbocycles. The fourth-order valence-corrected chi connectivity index (χ4v) is 3.17. The molecule has 2 aromatic heterocycles. The molecular formula is C22H26N4O4. The monoisotopic (exact) mass is 410 g/mol. The number of nitrogens with one attached hydrogen (secondary N) is 2. The summed E-state index contributed by atoms with van der Waals surface area (Å²) in [4.78, 5) is 34.1. The molecular weight excluding hydrogens is 384 g/mol. The summed E-state index contributed by atoms with van der Waals surface area (Å²) in [6.45, 7) is 4.57. The number of hydrogen-bond acceptors (Lipinski definition) is 5. The zero-order valence-corrected chi connectivity index (χ0v) is 17.4. The Hall–Kier alpha value is -3.55. The average molecular weight is 410 g/mol. The first-order chi connectivity index (χ1) is 14.5. The van der Waals surface area contributed by atoms with E-state index in [1.165, 1.54) is 0 Å². The number of aryl methyl sites for hydroxylation is 1. The first-order valence-corrected chi connectivity index (χ1v) is 9.77. The lowest BCUT2D eigenvalue weighted by molar-refractivity contribution is 0.186. The molecule has 8 heteroatoms. The van der Waals surface area contributed by atoms with Gasteiger partial charge in [0.1, 0.15) is 17.3 Å². The minimum atomic E-state index is -0.255. The van der Waals surface area contributed by atoms with E-state index in [1.54, 1.807) is 37.3 Å². The van der Waals surface area contributed by atoms with Gasteiger partial charge in [0.05, 0.1) is 26.5 Å². The van der Waals surface area contributed by atoms with Crippen molar-refractivity contribution >= 4 is 6.03 Å². The average Bonchev–Trinajstić information content (AvgIpc) is 3.24. The van der Waals surface area contributed by atoms with Crippen LogP contribution in [0.2, 0.25) is 0 Å². The molecule has 158 valence electrons. The highest BCUT2D eigenvalue weighted by atomic mass is 16.5. The Labute approximate surface area is 174 Å². The number of carbonyl (C=O) groups is 1. The van der Waals surface area contributed by atoms with Gasteiger partial charge in [-0.25, -0.2) is 9.78 Å². The standard InChI is InChI=1S/C22H26N4O4/c1-4-23-22(28)26(13-18-9-6-10-30-18)14-20-24-15(2)19(21(27)25-20)12-16-7-5-8-17(11-16)29-3/h5-11H,4,12-14H2,1-3H3,(H,23,28)(H,24,25,27). The third kappa shape index (κ3) is 5.28. The fraction of sp³-hybridized carbons (Fsp3) is 0.318. The van der Waals surface area contributed by atoms with Crippen LogP contribution < -0.4 is 15.6 Å². The molecule has 0 spiro atoms. The van der Waals surface area contributed by atoms with Crippen LogP contribution in [-0.4, -0.2) is 34.6 Å². The van der Waals surface area contributed by atoms with E-state index in [4.69, 9.17) is 9.15 Å². The number of aromatic nitrogens is 2. The van der Waals surface area contributed by atoms with Crippen LogP contribution in [0.5, 0.6) is 5.75 Å². The van der Waals surface area contributed by atoms with E-state index in [2.05, 4.69) is 15.3 Å². The zero-order chi connectivity index (χ0) is 21.5. The summed E-state index contributed by atoms with van der Waals surface area (Å²) >= 11 is 0. The second-order valence-electron chi connectivity index (χ2n) is 6.88. The summed E-state index contributed by atoms with van der Waals surface area (Å²) in [6.07, 6.45) is 2.00. The van der Waals surface area contributed by atoms with Crippen LogP contribution in [0.1, 0.15) is 35.3 Å². The van der Waals surface area contributed by atoms with Gasteiger partial charge in [0.25, 0.3) is 5.56 Å². The Balaban J connectivity index is 1.81. The van der Waals surface area contributed by atoms with Gasteiger partial charge in [0.15, 0.2) is 0 Å². The lowest BCUT2D eigenvalue weighted by Gasteiger charge is -2.21. The van der Waals surface area contributed by atoms with Crippen molar-refractivity contribution in [2.24, 2.45) is 0 Å². The van der Waals surface area contributed by atoms with Crippen molar-refractivity contribution in [2.75, 3.05) is 13.7 Å². The van der Waals surface area contributed by atoms with Crippen molar-refractivity contribution in [2.45, 2.75) is 33.4 Å². The Bertz CT molecular complexity index is 1040. The highest BCUT2D eigenvalue weighted by Crippen LogP contribution is 2.16. The Morgan fingerprint density at radius 1 is 1.27 bits per heavy atom. The number of H-pyrrole nitrogens is 1. The molecule has 0 saturated carbocycles. The van der Waals surface area contributed by atoms with E-state index in [1.807, 2.05) is 31.2 Å². The van der Waals surface area contributed by atoms with Crippen LogP contribution in [0.3, 0.4) is 0 Å². The highest BCUT2D eigenvalue weighted by molar-refractivity contribution is 5.73. The van der Waals surface area contributed by atoms with Gasteiger partial charge in [-0.1, -0.05) is 12.1 Å². The molecule has 8 nitrogen and oxygen atoms in total. The molecule has 30 heavy (non-hydrogen) atoms. The van der Waals surface area contributed by atoms with Gasteiger partial charge in [-0.15, -0.1) is 0 Å². The number of aromatic amines is 1. The van der Waals surface area contributed by atoms with Gasteiger partial charge in [0.2, 0.25) is 0 Å². The lowest BCUT2D eigenvalue weighted by atomic mass is 10.0. The van der Waals surface area contributed by atoms with E-state index in [9.17, 15) is 9.59 Å². The molecule has 3 aromatic rings. The maximum absolute atomic E-state index is 12.7. The second kappa shape index (κ2) is 9.78. The number of benzene rings is 1. The van der Waals surface area contributed by atoms with E-state index >= 15 is 0 Å². The molecule has 0 fully saturated rings. The van der Waals surface area contributed by atoms with E-state index in [0.29, 0.717) is 35.8 Å². The van der Waals surface area contributed by atoms with E-state index in [0.717, 1.165) is 11.3 Å². The molecule has 2 N–H and O–H groups in total. The van der Waals surface area contributed by atoms with Crippen LogP contribution in [0.15, 0.2) is 51.9 Å². The largest absolute Gasteiger partial charge is 0.497 e. The summed E-state index contributed by atoms with van der Waals surface area (Å²) in [6, 6.07) is 10.9. The minimum Gasteiger partial charge on any atom is -0.497 e. The molecule has 0 bridgehead atoms. The van der Waals surface area contributed by atoms with Crippen molar-refractivity contribution in [3.63, 3.8) is 0 Å². The van der Waals surface area contributed by atoms with Gasteiger partial charge in [-0.3, -0.25) is 4.79 Å². The van der Waals surface area contributed by atoms with Crippen LogP contribution >= 0.6 is 0 Å². The molecule has 0 aliphatic heterocycles. The normalized spacial score (nSPS) is 10.6. The van der Waals surface area contributed by atoms with Crippen molar-refractivity contribution in [3.05, 3.63) is 81.4 Å². The number of carbonyl (C=O) groups excluding carboxylic acids is 1. The predicted molar refractivity (Wildman–Crippen MR) is 112 cm³/mol. The number of amides is 2. The van der Waals surface area contributed by atoms with Crippen molar-refractivity contribution in [1.82, 2.24) is 20.2 Å². The molecule has 0 radical (unpaired) electrons. The summed E-state index contributed by atoms with van der Waals surface area (Å²) < 4.78 is 10.6. The van der Waals surface area contributed by atoms with Gasteiger partial charge >= 0.3 is 6.03 Å². The Morgan fingerprint density at radius 3 is 2.77 bits per heavy atom. The Kier molecular flexibility index (Phi) is 6.90. The van der Waals surface area contributed by atoms with Gasteiger partial charge in [-0.2, -0.15) is 0 Å². The zero-order valence-electron chi connectivity index (χ0n) is 17.4. The second-order valence-corrected chi connectivity index (χ2v) is 6.88. The van der Waals surface area contributed by atoms with Gasteiger partial charge < -0.3 is 24.4 Å². The van der Waals surface area contributed by atoms with Crippen molar-refractivity contribution < 1.29 is 13.9 Å². The number of ether oxygens (including phenoxy) is 1. The van der Waals surface area contributed by atoms with E-state index < -0.39 is 0 Å². The minimum absolute atomic E-state index is 0.155. The number of furan rings is 1. The summed E-state index contributed by atoms with van der Waals surface area (Å²) in [5, 5.41) is 2.78. The highest BCUT2D eigenvalue weighted by Gasteiger charge is 2.18. The molecule has 2 heterocycles. The summed E-state index contributed by atoms with van der Waals surface area (Å²) in [5.41, 5.74) is 1.96. The van der Waals surface area contributed by atoms with Crippen molar-refractivity contribution in [1.29, 1.82) is 0 Å². The third-order valence-electron chi connectivity index (χ3n) is 4.67. The topological polar surface area (TPSA) is 100 Å². The van der Waals surface area contributed by atoms with Crippen LogP contribution in [0.4, 0.5) is 4.79 Å². The lowest BCUT2D eigenvalue weighted by Crippen LogP contribution is -2.39.